The van der Waals surface area contributed by atoms with Crippen LogP contribution >= 0.6 is 24.8 Å². The molecule has 0 fully saturated rings. The van der Waals surface area contributed by atoms with Gasteiger partial charge in [0.2, 0.25) is 0 Å². The van der Waals surface area contributed by atoms with Crippen LogP contribution < -0.4 is 11.5 Å². The molecule has 13 heavy (non-hydrogen) atoms. The maximum atomic E-state index is 9.11. The van der Waals surface area contributed by atoms with E-state index >= 15 is 0 Å². The van der Waals surface area contributed by atoms with E-state index in [-0.39, 0.29) is 24.8 Å². The van der Waals surface area contributed by atoms with Crippen molar-refractivity contribution >= 4 is 36.3 Å². The molecule has 0 aliphatic rings. The van der Waals surface area contributed by atoms with E-state index in [1.165, 1.54) is 4.68 Å². The molecule has 0 aliphatic carbocycles. The van der Waals surface area contributed by atoms with Gasteiger partial charge in [0.05, 0.1) is 11.4 Å². The summed E-state index contributed by atoms with van der Waals surface area (Å²) in [6, 6.07) is 0. The van der Waals surface area contributed by atoms with Crippen molar-refractivity contribution in [3.8, 4) is 0 Å². The minimum atomic E-state index is -0.731. The quantitative estimate of drug-likeness (QED) is 0.661. The average Bonchev–Trinajstić information content (AvgIpc) is 2.17. The van der Waals surface area contributed by atoms with Gasteiger partial charge < -0.3 is 16.6 Å². The monoisotopic (exact) mass is 228 g/mol. The molecular weight excluding hydrogens is 215 g/mol. The lowest BCUT2D eigenvalue weighted by atomic mass is 10.4. The summed E-state index contributed by atoms with van der Waals surface area (Å²) in [6.45, 7) is 3.31. The first kappa shape index (κ1) is 14.9. The molecular formula is C6H14Cl2N4O. The molecule has 0 radical (unpaired) electrons. The van der Waals surface area contributed by atoms with Crippen LogP contribution in [0, 0.1) is 6.92 Å². The number of halogens is 2. The molecule has 0 bridgehead atoms. The van der Waals surface area contributed by atoms with Crippen LogP contribution in [0.3, 0.4) is 0 Å². The molecule has 0 saturated heterocycles. The number of hydrogen-bond acceptors (Lipinski definition) is 4. The van der Waals surface area contributed by atoms with Gasteiger partial charge in [-0.25, -0.2) is 4.68 Å². The number of nitrogens with two attached hydrogens (primary N) is 2. The molecule has 5 nitrogen and oxygen atoms in total. The van der Waals surface area contributed by atoms with Crippen molar-refractivity contribution in [2.75, 3.05) is 11.5 Å². The van der Waals surface area contributed by atoms with Gasteiger partial charge in [-0.05, 0) is 13.8 Å². The fourth-order valence-corrected chi connectivity index (χ4v) is 0.863. The fraction of sp³-hybridized carbons (Fsp3) is 0.500. The number of aliphatic hydroxyl groups excluding tert-OH is 1. The first-order valence-electron chi connectivity index (χ1n) is 3.32. The summed E-state index contributed by atoms with van der Waals surface area (Å²) in [5.74, 6) is 0.317. The van der Waals surface area contributed by atoms with E-state index < -0.39 is 6.23 Å². The number of aromatic nitrogens is 2. The van der Waals surface area contributed by atoms with Crippen LogP contribution in [0.2, 0.25) is 0 Å². The number of nitrogens with zero attached hydrogens (tertiary/aromatic N) is 2. The largest absolute Gasteiger partial charge is 0.394 e. The number of rotatable bonds is 1. The topological polar surface area (TPSA) is 90.1 Å². The third-order valence-corrected chi connectivity index (χ3v) is 1.52. The molecule has 5 N–H and O–H groups in total. The lowest BCUT2D eigenvalue weighted by molar-refractivity contribution is 0.113. The molecule has 1 aromatic rings. The fourth-order valence-electron chi connectivity index (χ4n) is 0.863. The van der Waals surface area contributed by atoms with E-state index in [0.29, 0.717) is 17.2 Å². The summed E-state index contributed by atoms with van der Waals surface area (Å²) in [6.07, 6.45) is -0.731. The molecule has 1 unspecified atom stereocenters. The van der Waals surface area contributed by atoms with Crippen molar-refractivity contribution in [1.82, 2.24) is 9.78 Å². The molecule has 0 saturated carbocycles. The number of aryl methyl sites for hydroxylation is 1. The smallest absolute Gasteiger partial charge is 0.148 e. The normalized spacial score (nSPS) is 11.3. The Morgan fingerprint density at radius 3 is 2.00 bits per heavy atom. The van der Waals surface area contributed by atoms with Gasteiger partial charge in [-0.2, -0.15) is 5.10 Å². The Bertz CT molecular complexity index is 274. The van der Waals surface area contributed by atoms with Crippen LogP contribution in [0.4, 0.5) is 11.5 Å². The van der Waals surface area contributed by atoms with Crippen molar-refractivity contribution in [2.24, 2.45) is 0 Å². The molecule has 7 heteroatoms. The van der Waals surface area contributed by atoms with Crippen LogP contribution in [-0.4, -0.2) is 14.9 Å². The number of aliphatic hydroxyl groups is 1. The summed E-state index contributed by atoms with van der Waals surface area (Å²) >= 11 is 0. The molecule has 1 rings (SSSR count). The molecule has 0 spiro atoms. The van der Waals surface area contributed by atoms with Crippen LogP contribution in [0.5, 0.6) is 0 Å². The average molecular weight is 229 g/mol. The van der Waals surface area contributed by atoms with E-state index in [2.05, 4.69) is 5.10 Å². The minimum absolute atomic E-state index is 0. The van der Waals surface area contributed by atoms with Gasteiger partial charge in [0.25, 0.3) is 0 Å². The van der Waals surface area contributed by atoms with Crippen LogP contribution in [0.15, 0.2) is 0 Å². The highest BCUT2D eigenvalue weighted by molar-refractivity contribution is 5.85. The highest BCUT2D eigenvalue weighted by Gasteiger charge is 2.11. The van der Waals surface area contributed by atoms with Gasteiger partial charge >= 0.3 is 0 Å². The highest BCUT2D eigenvalue weighted by atomic mass is 35.5. The van der Waals surface area contributed by atoms with Crippen molar-refractivity contribution in [1.29, 1.82) is 0 Å². The highest BCUT2D eigenvalue weighted by Crippen LogP contribution is 2.20. The van der Waals surface area contributed by atoms with E-state index in [4.69, 9.17) is 16.6 Å². The first-order valence-corrected chi connectivity index (χ1v) is 3.32. The summed E-state index contributed by atoms with van der Waals surface area (Å²) in [5.41, 5.74) is 12.1. The van der Waals surface area contributed by atoms with Gasteiger partial charge in [-0.3, -0.25) is 0 Å². The summed E-state index contributed by atoms with van der Waals surface area (Å²) < 4.78 is 1.28. The van der Waals surface area contributed by atoms with E-state index in [1.807, 2.05) is 0 Å². The summed E-state index contributed by atoms with van der Waals surface area (Å²) in [7, 11) is 0. The van der Waals surface area contributed by atoms with E-state index in [1.54, 1.807) is 13.8 Å². The van der Waals surface area contributed by atoms with Gasteiger partial charge in [0, 0.05) is 0 Å². The lowest BCUT2D eigenvalue weighted by Gasteiger charge is -2.05. The zero-order chi connectivity index (χ0) is 8.59. The van der Waals surface area contributed by atoms with Gasteiger partial charge in [-0.15, -0.1) is 24.8 Å². The SMILES string of the molecule is Cc1nn(C(C)O)c(N)c1N.Cl.Cl. The third kappa shape index (κ3) is 2.65. The maximum absolute atomic E-state index is 9.11. The van der Waals surface area contributed by atoms with Crippen LogP contribution in [0.25, 0.3) is 0 Å². The molecule has 78 valence electrons. The Kier molecular flexibility index (Phi) is 5.90. The summed E-state index contributed by atoms with van der Waals surface area (Å²) in [4.78, 5) is 0. The Morgan fingerprint density at radius 1 is 1.38 bits per heavy atom. The third-order valence-electron chi connectivity index (χ3n) is 1.52. The van der Waals surface area contributed by atoms with E-state index in [0.717, 1.165) is 0 Å². The van der Waals surface area contributed by atoms with Gasteiger partial charge in [0.1, 0.15) is 12.0 Å². The molecule has 0 aliphatic heterocycles. The Hall–Kier alpha value is -0.650. The van der Waals surface area contributed by atoms with Crippen LogP contribution in [-0.2, 0) is 0 Å². The van der Waals surface area contributed by atoms with Crippen molar-refractivity contribution in [2.45, 2.75) is 20.1 Å². The standard InChI is InChI=1S/C6H12N4O.2ClH/c1-3-5(7)6(8)10(9-3)4(2)11;;/h4,11H,7-8H2,1-2H3;2*1H. The molecule has 1 atom stereocenters. The Morgan fingerprint density at radius 2 is 1.85 bits per heavy atom. The molecule has 1 aromatic heterocycles. The maximum Gasteiger partial charge on any atom is 0.148 e. The number of hydrogen-bond donors (Lipinski definition) is 3. The van der Waals surface area contributed by atoms with Crippen LogP contribution in [0.1, 0.15) is 18.8 Å². The second-order valence-electron chi connectivity index (χ2n) is 2.46. The Labute approximate surface area is 88.9 Å². The predicted octanol–water partition coefficient (Wildman–Crippen LogP) is 0.710. The zero-order valence-electron chi connectivity index (χ0n) is 7.39. The molecule has 0 aromatic carbocycles. The minimum Gasteiger partial charge on any atom is -0.394 e. The van der Waals surface area contributed by atoms with E-state index in [9.17, 15) is 0 Å². The van der Waals surface area contributed by atoms with Crippen molar-refractivity contribution < 1.29 is 5.11 Å². The Balaban J connectivity index is 0. The van der Waals surface area contributed by atoms with Crippen molar-refractivity contribution in [3.05, 3.63) is 5.69 Å². The molecule has 0 amide bonds. The second kappa shape index (κ2) is 5.16. The lowest BCUT2D eigenvalue weighted by Crippen LogP contribution is -2.09. The second-order valence-corrected chi connectivity index (χ2v) is 2.46. The molecule has 1 heterocycles. The zero-order valence-corrected chi connectivity index (χ0v) is 9.02. The van der Waals surface area contributed by atoms with Gasteiger partial charge in [-0.1, -0.05) is 0 Å². The predicted molar refractivity (Wildman–Crippen MR) is 57.2 cm³/mol. The number of anilines is 2. The number of nitrogen functional groups attached to an aromatic ring is 2. The van der Waals surface area contributed by atoms with Gasteiger partial charge in [0.15, 0.2) is 0 Å². The van der Waals surface area contributed by atoms with Crippen molar-refractivity contribution in [3.63, 3.8) is 0 Å². The summed E-state index contributed by atoms with van der Waals surface area (Å²) in [5, 5.41) is 13.0. The first-order chi connectivity index (χ1) is 5.04.